The third kappa shape index (κ3) is 3.58. The predicted molar refractivity (Wildman–Crippen MR) is 135 cm³/mol. The van der Waals surface area contributed by atoms with E-state index in [1.54, 1.807) is 24.3 Å². The number of aromatic hydroxyl groups is 1. The smallest absolute Gasteiger partial charge is 0.337 e. The van der Waals surface area contributed by atoms with Gasteiger partial charge >= 0.3 is 5.97 Å². The van der Waals surface area contributed by atoms with Gasteiger partial charge in [0, 0.05) is 18.3 Å². The molecule has 39 heavy (non-hydrogen) atoms. The highest BCUT2D eigenvalue weighted by Crippen LogP contribution is 2.55. The molecule has 3 aliphatic carbocycles. The number of amides is 1. The third-order valence-corrected chi connectivity index (χ3v) is 7.55. The van der Waals surface area contributed by atoms with Crippen molar-refractivity contribution in [2.45, 2.75) is 18.1 Å². The van der Waals surface area contributed by atoms with Crippen molar-refractivity contribution in [3.63, 3.8) is 0 Å². The fourth-order valence-electron chi connectivity index (χ4n) is 5.70. The van der Waals surface area contributed by atoms with Gasteiger partial charge in [-0.25, -0.2) is 4.79 Å². The zero-order valence-corrected chi connectivity index (χ0v) is 20.4. The van der Waals surface area contributed by atoms with Crippen LogP contribution in [0.2, 0.25) is 0 Å². The van der Waals surface area contributed by atoms with Gasteiger partial charge in [0.05, 0.1) is 29.9 Å². The van der Waals surface area contributed by atoms with Crippen LogP contribution in [0.25, 0.3) is 17.4 Å². The lowest BCUT2D eigenvalue weighted by Crippen LogP contribution is -2.63. The van der Waals surface area contributed by atoms with Crippen molar-refractivity contribution in [3.8, 4) is 5.75 Å². The van der Waals surface area contributed by atoms with E-state index in [1.807, 2.05) is 0 Å². The molecule has 0 aliphatic heterocycles. The number of ether oxygens (including phenoxy) is 1. The van der Waals surface area contributed by atoms with Gasteiger partial charge in [0.1, 0.15) is 22.8 Å². The molecule has 7 N–H and O–H groups in total. The maximum Gasteiger partial charge on any atom is 0.337 e. The predicted octanol–water partition coefficient (Wildman–Crippen LogP) is 1.18. The Morgan fingerprint density at radius 2 is 1.74 bits per heavy atom. The Labute approximate surface area is 220 Å². The Balaban J connectivity index is 1.76. The van der Waals surface area contributed by atoms with E-state index >= 15 is 0 Å². The van der Waals surface area contributed by atoms with Gasteiger partial charge in [0.2, 0.25) is 5.78 Å². The number of hydrogen-bond donors (Lipinski definition) is 6. The molecule has 0 heterocycles. The minimum absolute atomic E-state index is 0.158. The van der Waals surface area contributed by atoms with E-state index < -0.39 is 81.8 Å². The van der Waals surface area contributed by atoms with Crippen LogP contribution in [0.1, 0.15) is 33.5 Å². The number of aliphatic hydroxyl groups is 4. The molecule has 0 bridgehead atoms. The zero-order chi connectivity index (χ0) is 28.4. The van der Waals surface area contributed by atoms with Crippen LogP contribution in [-0.4, -0.2) is 67.8 Å². The second-order valence-corrected chi connectivity index (χ2v) is 9.56. The van der Waals surface area contributed by atoms with E-state index in [9.17, 15) is 44.7 Å². The van der Waals surface area contributed by atoms with E-state index in [1.165, 1.54) is 31.4 Å². The molecule has 1 saturated carbocycles. The van der Waals surface area contributed by atoms with E-state index in [2.05, 4.69) is 0 Å². The van der Waals surface area contributed by atoms with Crippen LogP contribution in [0.4, 0.5) is 0 Å². The molecular formula is C28H23NO10. The number of Topliss-reactive ketones (excluding diaryl/α,β-unsaturated/α-hetero) is 2. The van der Waals surface area contributed by atoms with Crippen molar-refractivity contribution in [2.24, 2.45) is 17.6 Å². The van der Waals surface area contributed by atoms with Crippen molar-refractivity contribution in [1.82, 2.24) is 0 Å². The molecule has 4 atom stereocenters. The summed E-state index contributed by atoms with van der Waals surface area (Å²) in [6, 6.07) is 10.4. The number of carbonyl (C=O) groups excluding carboxylic acids is 4. The highest BCUT2D eigenvalue weighted by Gasteiger charge is 2.64. The van der Waals surface area contributed by atoms with Gasteiger partial charge in [-0.2, -0.15) is 0 Å². The van der Waals surface area contributed by atoms with Gasteiger partial charge in [-0.3, -0.25) is 14.4 Å². The second-order valence-electron chi connectivity index (χ2n) is 9.56. The Hall–Kier alpha value is -4.74. The molecule has 2 aromatic carbocycles. The molecule has 11 heteroatoms. The number of hydrogen-bond acceptors (Lipinski definition) is 10. The highest BCUT2D eigenvalue weighted by molar-refractivity contribution is 6.23. The lowest BCUT2D eigenvalue weighted by molar-refractivity contribution is -0.157. The first-order valence-electron chi connectivity index (χ1n) is 11.8. The van der Waals surface area contributed by atoms with Crippen molar-refractivity contribution in [3.05, 3.63) is 81.6 Å². The number of nitrogens with two attached hydrogens (primary N) is 1. The molecule has 2 aromatic rings. The van der Waals surface area contributed by atoms with Gasteiger partial charge in [-0.05, 0) is 34.9 Å². The topological polar surface area (TPSA) is 205 Å². The Morgan fingerprint density at radius 3 is 2.36 bits per heavy atom. The van der Waals surface area contributed by atoms with Crippen LogP contribution >= 0.6 is 0 Å². The van der Waals surface area contributed by atoms with Crippen LogP contribution in [0.5, 0.6) is 5.75 Å². The Morgan fingerprint density at radius 1 is 1.08 bits per heavy atom. The molecule has 0 aromatic heterocycles. The monoisotopic (exact) mass is 533 g/mol. The standard InChI is InChI=1S/C28H23NO10/c1-39-27(37)12-7-5-11(6-8-12)9-14-13-3-2-4-16(30)18(13)23(33)21-19(14)22(32)15-10-17(31)20(26(29)36)24(34)28(15,38)25(21)35/h2-9,15,19,22,30,32-34,38H,10H2,1H3,(H2,29,36)/b14-9+/t15-,19-,22-,28-/m1/s1. The van der Waals surface area contributed by atoms with Gasteiger partial charge < -0.3 is 36.0 Å². The Bertz CT molecular complexity index is 1570. The average molecular weight is 533 g/mol. The van der Waals surface area contributed by atoms with E-state index in [4.69, 9.17) is 10.5 Å². The lowest BCUT2D eigenvalue weighted by atomic mass is 9.56. The fourth-order valence-corrected chi connectivity index (χ4v) is 5.70. The van der Waals surface area contributed by atoms with Crippen LogP contribution in [0.3, 0.4) is 0 Å². The van der Waals surface area contributed by atoms with Crippen molar-refractivity contribution < 1.29 is 49.4 Å². The van der Waals surface area contributed by atoms with Crippen LogP contribution in [0, 0.1) is 11.8 Å². The molecule has 5 rings (SSSR count). The van der Waals surface area contributed by atoms with E-state index in [-0.39, 0.29) is 22.3 Å². The number of carbonyl (C=O) groups is 4. The van der Waals surface area contributed by atoms with Crippen molar-refractivity contribution >= 4 is 40.9 Å². The number of rotatable bonds is 3. The number of phenols is 1. The molecule has 11 nitrogen and oxygen atoms in total. The molecule has 1 fully saturated rings. The first kappa shape index (κ1) is 25.9. The van der Waals surface area contributed by atoms with Crippen molar-refractivity contribution in [1.29, 1.82) is 0 Å². The lowest BCUT2D eigenvalue weighted by Gasteiger charge is -2.49. The number of ketones is 2. The Kier molecular flexibility index (Phi) is 5.93. The summed E-state index contributed by atoms with van der Waals surface area (Å²) in [6.45, 7) is 0. The molecular weight excluding hydrogens is 510 g/mol. The summed E-state index contributed by atoms with van der Waals surface area (Å²) in [5, 5.41) is 55.5. The van der Waals surface area contributed by atoms with Crippen LogP contribution < -0.4 is 5.73 Å². The van der Waals surface area contributed by atoms with Gasteiger partial charge in [-0.1, -0.05) is 30.3 Å². The summed E-state index contributed by atoms with van der Waals surface area (Å²) in [5.41, 5.74) is 1.90. The summed E-state index contributed by atoms with van der Waals surface area (Å²) in [5.74, 6) is -9.50. The molecule has 0 saturated heterocycles. The molecule has 1 amide bonds. The number of phenolic OH excluding ortho intramolecular Hbond substituents is 1. The number of benzene rings is 2. The summed E-state index contributed by atoms with van der Waals surface area (Å²) in [7, 11) is 1.24. The van der Waals surface area contributed by atoms with E-state index in [0.29, 0.717) is 5.56 Å². The second kappa shape index (κ2) is 8.93. The SMILES string of the molecule is COC(=O)c1ccc(/C=C2\c3cccc(O)c3C(O)=C3C(=O)[C@]4(O)C(O)=C(C(N)=O)C(=O)C[C@@H]4[C@@H](O)[C@@H]32)cc1. The quantitative estimate of drug-likeness (QED) is 0.245. The molecule has 0 radical (unpaired) electrons. The number of esters is 1. The number of methoxy groups -OCH3 is 1. The summed E-state index contributed by atoms with van der Waals surface area (Å²) in [4.78, 5) is 50.1. The largest absolute Gasteiger partial charge is 0.508 e. The molecule has 0 spiro atoms. The van der Waals surface area contributed by atoms with Gasteiger partial charge in [-0.15, -0.1) is 0 Å². The zero-order valence-electron chi connectivity index (χ0n) is 20.4. The summed E-state index contributed by atoms with van der Waals surface area (Å²) >= 11 is 0. The number of fused-ring (bicyclic) bond motifs is 3. The number of primary amides is 1. The fraction of sp³-hybridized carbons (Fsp3) is 0.214. The highest BCUT2D eigenvalue weighted by atomic mass is 16.5. The maximum absolute atomic E-state index is 13.8. The van der Waals surface area contributed by atoms with Gasteiger partial charge in [0.15, 0.2) is 11.4 Å². The number of aliphatic hydroxyl groups excluding tert-OH is 3. The van der Waals surface area contributed by atoms with E-state index in [0.717, 1.165) is 0 Å². The third-order valence-electron chi connectivity index (χ3n) is 7.55. The molecule has 0 unspecified atom stereocenters. The van der Waals surface area contributed by atoms with Crippen LogP contribution in [0.15, 0.2) is 59.4 Å². The first-order valence-corrected chi connectivity index (χ1v) is 11.8. The summed E-state index contributed by atoms with van der Waals surface area (Å²) in [6.07, 6.45) is -0.849. The minimum atomic E-state index is -2.94. The summed E-state index contributed by atoms with van der Waals surface area (Å²) < 4.78 is 4.70. The first-order chi connectivity index (χ1) is 18.4. The average Bonchev–Trinajstić information content (AvgIpc) is 2.90. The minimum Gasteiger partial charge on any atom is -0.508 e. The molecule has 3 aliphatic rings. The van der Waals surface area contributed by atoms with Gasteiger partial charge in [0.25, 0.3) is 5.91 Å². The maximum atomic E-state index is 13.8. The molecule has 200 valence electrons. The van der Waals surface area contributed by atoms with Crippen LogP contribution in [-0.2, 0) is 19.1 Å². The normalized spacial score (nSPS) is 27.2. The van der Waals surface area contributed by atoms with Crippen molar-refractivity contribution in [2.75, 3.05) is 7.11 Å².